The van der Waals surface area contributed by atoms with Gasteiger partial charge in [-0.25, -0.2) is 0 Å². The van der Waals surface area contributed by atoms with Gasteiger partial charge < -0.3 is 0 Å². The lowest BCUT2D eigenvalue weighted by Gasteiger charge is -2.01. The number of allylic oxidation sites excluding steroid dienone is 8. The highest BCUT2D eigenvalue weighted by molar-refractivity contribution is 5.67. The molecule has 0 radical (unpaired) electrons. The van der Waals surface area contributed by atoms with Crippen LogP contribution in [0.4, 0.5) is 0 Å². The normalized spacial score (nSPS) is 17.8. The lowest BCUT2D eigenvalue weighted by atomic mass is 10.2. The molecule has 0 amide bonds. The van der Waals surface area contributed by atoms with E-state index in [1.165, 1.54) is 0 Å². The Hall–Kier alpha value is -2.55. The van der Waals surface area contributed by atoms with Crippen molar-refractivity contribution in [1.29, 1.82) is 0 Å². The molecule has 0 aromatic carbocycles. The van der Waals surface area contributed by atoms with E-state index < -0.39 is 0 Å². The smallest absolute Gasteiger partial charge is 0.0808 e. The SMILES string of the molecule is C1=CC(C=NCc2cccc(CN=CC3C=CC=C3)n2)C=C1. The van der Waals surface area contributed by atoms with Gasteiger partial charge in [0.25, 0.3) is 0 Å². The number of aliphatic imine (C=N–C) groups is 2. The monoisotopic (exact) mass is 289 g/mol. The van der Waals surface area contributed by atoms with Crippen LogP contribution in [-0.2, 0) is 13.1 Å². The maximum Gasteiger partial charge on any atom is 0.0808 e. The average Bonchev–Trinajstić information content (AvgIpc) is 3.21. The van der Waals surface area contributed by atoms with Crippen LogP contribution >= 0.6 is 0 Å². The van der Waals surface area contributed by atoms with Crippen LogP contribution in [0.3, 0.4) is 0 Å². The summed E-state index contributed by atoms with van der Waals surface area (Å²) in [6, 6.07) is 6.04. The van der Waals surface area contributed by atoms with Gasteiger partial charge in [-0.3, -0.25) is 15.0 Å². The summed E-state index contributed by atoms with van der Waals surface area (Å²) in [5.41, 5.74) is 1.96. The predicted octanol–water partition coefficient (Wildman–Crippen LogP) is 3.71. The lowest BCUT2D eigenvalue weighted by Crippen LogP contribution is -1.97. The number of hydrogen-bond acceptors (Lipinski definition) is 3. The Kier molecular flexibility index (Phi) is 4.88. The van der Waals surface area contributed by atoms with Crippen molar-refractivity contribution in [1.82, 2.24) is 4.98 Å². The molecule has 0 bridgehead atoms. The van der Waals surface area contributed by atoms with E-state index in [-0.39, 0.29) is 0 Å². The first kappa shape index (κ1) is 14.4. The van der Waals surface area contributed by atoms with Gasteiger partial charge in [-0.2, -0.15) is 0 Å². The number of pyridine rings is 1. The van der Waals surface area contributed by atoms with E-state index in [1.54, 1.807) is 0 Å². The van der Waals surface area contributed by atoms with Crippen LogP contribution in [0, 0.1) is 11.8 Å². The van der Waals surface area contributed by atoms with Gasteiger partial charge in [0, 0.05) is 24.3 Å². The molecule has 0 spiro atoms. The zero-order valence-electron chi connectivity index (χ0n) is 12.4. The Labute approximate surface area is 131 Å². The molecule has 110 valence electrons. The van der Waals surface area contributed by atoms with E-state index in [9.17, 15) is 0 Å². The average molecular weight is 289 g/mol. The molecule has 1 aromatic heterocycles. The molecule has 1 heterocycles. The highest BCUT2D eigenvalue weighted by Gasteiger charge is 2.01. The Morgan fingerprint density at radius 3 is 1.68 bits per heavy atom. The van der Waals surface area contributed by atoms with E-state index in [0.29, 0.717) is 24.9 Å². The number of aromatic nitrogens is 1. The molecule has 3 heteroatoms. The van der Waals surface area contributed by atoms with Crippen molar-refractivity contribution in [3.63, 3.8) is 0 Å². The second kappa shape index (κ2) is 7.46. The van der Waals surface area contributed by atoms with Crippen molar-refractivity contribution in [3.05, 3.63) is 78.2 Å². The third-order valence-electron chi connectivity index (χ3n) is 3.48. The minimum absolute atomic E-state index is 0.334. The molecule has 0 fully saturated rings. The van der Waals surface area contributed by atoms with Crippen LogP contribution in [0.5, 0.6) is 0 Å². The largest absolute Gasteiger partial charge is 0.290 e. The Morgan fingerprint density at radius 2 is 1.23 bits per heavy atom. The number of hydrogen-bond donors (Lipinski definition) is 0. The number of rotatable bonds is 6. The second-order valence-electron chi connectivity index (χ2n) is 5.29. The van der Waals surface area contributed by atoms with Crippen LogP contribution < -0.4 is 0 Å². The van der Waals surface area contributed by atoms with Gasteiger partial charge in [-0.15, -0.1) is 0 Å². The van der Waals surface area contributed by atoms with E-state index in [0.717, 1.165) is 11.4 Å². The van der Waals surface area contributed by atoms with Crippen molar-refractivity contribution in [2.45, 2.75) is 13.1 Å². The van der Waals surface area contributed by atoms with Crippen molar-refractivity contribution in [3.8, 4) is 0 Å². The first-order chi connectivity index (χ1) is 10.9. The van der Waals surface area contributed by atoms with Crippen molar-refractivity contribution >= 4 is 12.4 Å². The fraction of sp³-hybridized carbons (Fsp3) is 0.211. The molecule has 0 N–H and O–H groups in total. The summed E-state index contributed by atoms with van der Waals surface area (Å²) >= 11 is 0. The van der Waals surface area contributed by atoms with Crippen molar-refractivity contribution < 1.29 is 0 Å². The van der Waals surface area contributed by atoms with Gasteiger partial charge in [-0.1, -0.05) is 54.7 Å². The summed E-state index contributed by atoms with van der Waals surface area (Å²) in [6.07, 6.45) is 20.6. The predicted molar refractivity (Wildman–Crippen MR) is 92.2 cm³/mol. The Balaban J connectivity index is 1.53. The quantitative estimate of drug-likeness (QED) is 0.736. The van der Waals surface area contributed by atoms with Crippen molar-refractivity contribution in [2.75, 3.05) is 0 Å². The molecular formula is C19H19N3. The molecule has 0 saturated carbocycles. The van der Waals surface area contributed by atoms with Crippen LogP contribution in [0.2, 0.25) is 0 Å². The molecule has 3 rings (SSSR count). The van der Waals surface area contributed by atoms with Gasteiger partial charge in [0.1, 0.15) is 0 Å². The summed E-state index contributed by atoms with van der Waals surface area (Å²) in [6.45, 7) is 1.23. The fourth-order valence-electron chi connectivity index (χ4n) is 2.34. The summed E-state index contributed by atoms with van der Waals surface area (Å²) in [7, 11) is 0. The van der Waals surface area contributed by atoms with Crippen LogP contribution in [0.25, 0.3) is 0 Å². The molecule has 0 atom stereocenters. The minimum Gasteiger partial charge on any atom is -0.290 e. The van der Waals surface area contributed by atoms with E-state index in [2.05, 4.69) is 39.3 Å². The molecule has 0 unspecified atom stereocenters. The van der Waals surface area contributed by atoms with Crippen LogP contribution in [-0.4, -0.2) is 17.4 Å². The first-order valence-electron chi connectivity index (χ1n) is 7.55. The zero-order chi connectivity index (χ0) is 15.0. The van der Waals surface area contributed by atoms with Crippen molar-refractivity contribution in [2.24, 2.45) is 21.8 Å². The molecule has 22 heavy (non-hydrogen) atoms. The third-order valence-corrected chi connectivity index (χ3v) is 3.48. The van der Waals surface area contributed by atoms with Gasteiger partial charge in [0.15, 0.2) is 0 Å². The zero-order valence-corrected chi connectivity index (χ0v) is 12.4. The Morgan fingerprint density at radius 1 is 0.773 bits per heavy atom. The van der Waals surface area contributed by atoms with Crippen LogP contribution in [0.1, 0.15) is 11.4 Å². The maximum absolute atomic E-state index is 4.60. The van der Waals surface area contributed by atoms with E-state index in [1.807, 2.05) is 54.9 Å². The molecule has 0 saturated heterocycles. The molecule has 2 aliphatic carbocycles. The number of nitrogens with zero attached hydrogens (tertiary/aromatic N) is 3. The lowest BCUT2D eigenvalue weighted by molar-refractivity contribution is 0.912. The molecule has 0 aliphatic heterocycles. The summed E-state index contributed by atoms with van der Waals surface area (Å²) < 4.78 is 0. The summed E-state index contributed by atoms with van der Waals surface area (Å²) in [4.78, 5) is 13.5. The topological polar surface area (TPSA) is 37.6 Å². The molecule has 2 aliphatic rings. The van der Waals surface area contributed by atoms with Gasteiger partial charge in [-0.05, 0) is 12.1 Å². The standard InChI is InChI=1S/C19H19N3/c1-2-7-16(6-1)12-20-14-18-10-5-11-19(22-18)15-21-13-17-8-3-4-9-17/h1-13,16-17H,14-15H2. The highest BCUT2D eigenvalue weighted by atomic mass is 14.8. The van der Waals surface area contributed by atoms with Gasteiger partial charge in [0.2, 0.25) is 0 Å². The minimum atomic E-state index is 0.334. The molecule has 1 aromatic rings. The van der Waals surface area contributed by atoms with Gasteiger partial charge >= 0.3 is 0 Å². The first-order valence-corrected chi connectivity index (χ1v) is 7.55. The Bertz CT molecular complexity index is 598. The molecular weight excluding hydrogens is 270 g/mol. The maximum atomic E-state index is 4.60. The highest BCUT2D eigenvalue weighted by Crippen LogP contribution is 2.08. The van der Waals surface area contributed by atoms with E-state index >= 15 is 0 Å². The summed E-state index contributed by atoms with van der Waals surface area (Å²) in [5, 5.41) is 0. The van der Waals surface area contributed by atoms with Crippen LogP contribution in [0.15, 0.2) is 76.8 Å². The third kappa shape index (κ3) is 4.22. The summed E-state index contributed by atoms with van der Waals surface area (Å²) in [5.74, 6) is 0.667. The molecule has 3 nitrogen and oxygen atoms in total. The second-order valence-corrected chi connectivity index (χ2v) is 5.29. The van der Waals surface area contributed by atoms with Gasteiger partial charge in [0.05, 0.1) is 24.5 Å². The fourth-order valence-corrected chi connectivity index (χ4v) is 2.34. The van der Waals surface area contributed by atoms with E-state index in [4.69, 9.17) is 0 Å².